The first-order valence-electron chi connectivity index (χ1n) is 7.41. The van der Waals surface area contributed by atoms with Crippen molar-refractivity contribution in [2.75, 3.05) is 26.7 Å². The number of likely N-dealkylation sites (tertiary alicyclic amines) is 1. The summed E-state index contributed by atoms with van der Waals surface area (Å²) in [5, 5.41) is 3.11. The van der Waals surface area contributed by atoms with Crippen LogP contribution in [0.5, 0.6) is 5.75 Å². The lowest BCUT2D eigenvalue weighted by Crippen LogP contribution is -2.41. The third-order valence-corrected chi connectivity index (χ3v) is 4.53. The summed E-state index contributed by atoms with van der Waals surface area (Å²) in [6.07, 6.45) is 4.58. The smallest absolute Gasteiger partial charge is 0.317 e. The number of ether oxygens (including phenoxy) is 1. The van der Waals surface area contributed by atoms with E-state index in [1.165, 1.54) is 5.56 Å². The van der Waals surface area contributed by atoms with Gasteiger partial charge in [-0.3, -0.25) is 0 Å². The SMILES string of the molecule is COc1ccc(C2(CNC(=O)N3CCCC3)CC2)cc1. The number of urea groups is 1. The van der Waals surface area contributed by atoms with E-state index >= 15 is 0 Å². The molecule has 4 heteroatoms. The molecule has 4 nitrogen and oxygen atoms in total. The predicted octanol–water partition coefficient (Wildman–Crippen LogP) is 2.53. The van der Waals surface area contributed by atoms with E-state index in [1.54, 1.807) is 7.11 Å². The van der Waals surface area contributed by atoms with Gasteiger partial charge in [-0.15, -0.1) is 0 Å². The Morgan fingerprint density at radius 3 is 2.45 bits per heavy atom. The average Bonchev–Trinajstić information content (AvgIpc) is 3.08. The van der Waals surface area contributed by atoms with Crippen LogP contribution < -0.4 is 10.1 Å². The van der Waals surface area contributed by atoms with Gasteiger partial charge in [0.25, 0.3) is 0 Å². The largest absolute Gasteiger partial charge is 0.497 e. The van der Waals surface area contributed by atoms with E-state index in [4.69, 9.17) is 4.74 Å². The molecule has 20 heavy (non-hydrogen) atoms. The minimum atomic E-state index is 0.0993. The number of hydrogen-bond acceptors (Lipinski definition) is 2. The van der Waals surface area contributed by atoms with E-state index in [9.17, 15) is 4.79 Å². The highest BCUT2D eigenvalue weighted by atomic mass is 16.5. The molecule has 0 spiro atoms. The van der Waals surface area contributed by atoms with Crippen LogP contribution in [-0.2, 0) is 5.41 Å². The number of benzene rings is 1. The highest BCUT2D eigenvalue weighted by Crippen LogP contribution is 2.47. The Kier molecular flexibility index (Phi) is 3.55. The molecule has 0 aromatic heterocycles. The summed E-state index contributed by atoms with van der Waals surface area (Å²) < 4.78 is 5.19. The second kappa shape index (κ2) is 5.35. The molecule has 0 bridgehead atoms. The van der Waals surface area contributed by atoms with Gasteiger partial charge in [-0.1, -0.05) is 12.1 Å². The van der Waals surface area contributed by atoms with E-state index in [-0.39, 0.29) is 11.4 Å². The molecule has 2 aliphatic rings. The Morgan fingerprint density at radius 2 is 1.90 bits per heavy atom. The van der Waals surface area contributed by atoms with Crippen molar-refractivity contribution in [3.8, 4) is 5.75 Å². The lowest BCUT2D eigenvalue weighted by atomic mass is 9.96. The number of hydrogen-bond donors (Lipinski definition) is 1. The quantitative estimate of drug-likeness (QED) is 0.916. The molecule has 1 aliphatic carbocycles. The second-order valence-corrected chi connectivity index (χ2v) is 5.86. The van der Waals surface area contributed by atoms with Crippen LogP contribution in [0.4, 0.5) is 4.79 Å². The lowest BCUT2D eigenvalue weighted by molar-refractivity contribution is 0.207. The van der Waals surface area contributed by atoms with Crippen molar-refractivity contribution in [2.24, 2.45) is 0 Å². The van der Waals surface area contributed by atoms with Gasteiger partial charge in [0.2, 0.25) is 0 Å². The molecule has 3 rings (SSSR count). The maximum absolute atomic E-state index is 12.0. The van der Waals surface area contributed by atoms with Crippen LogP contribution in [0.2, 0.25) is 0 Å². The van der Waals surface area contributed by atoms with E-state index in [0.717, 1.165) is 51.1 Å². The first-order valence-corrected chi connectivity index (χ1v) is 7.41. The summed E-state index contributed by atoms with van der Waals surface area (Å²) in [4.78, 5) is 14.0. The third-order valence-electron chi connectivity index (χ3n) is 4.53. The first-order chi connectivity index (χ1) is 9.73. The van der Waals surface area contributed by atoms with Gasteiger partial charge in [-0.05, 0) is 43.4 Å². The zero-order chi connectivity index (χ0) is 14.0. The van der Waals surface area contributed by atoms with Gasteiger partial charge in [0, 0.05) is 25.0 Å². The molecular weight excluding hydrogens is 252 g/mol. The van der Waals surface area contributed by atoms with Gasteiger partial charge in [0.05, 0.1) is 7.11 Å². The van der Waals surface area contributed by atoms with Crippen LogP contribution in [0, 0.1) is 0 Å². The molecule has 1 N–H and O–H groups in total. The maximum atomic E-state index is 12.0. The van der Waals surface area contributed by atoms with Gasteiger partial charge in [0.15, 0.2) is 0 Å². The molecule has 1 saturated carbocycles. The highest BCUT2D eigenvalue weighted by Gasteiger charge is 2.44. The Morgan fingerprint density at radius 1 is 1.25 bits per heavy atom. The summed E-state index contributed by atoms with van der Waals surface area (Å²) in [5.74, 6) is 0.880. The fourth-order valence-electron chi connectivity index (χ4n) is 2.94. The molecule has 1 heterocycles. The number of methoxy groups -OCH3 is 1. The zero-order valence-corrected chi connectivity index (χ0v) is 12.0. The molecule has 0 atom stereocenters. The molecule has 1 aliphatic heterocycles. The van der Waals surface area contributed by atoms with Crippen molar-refractivity contribution in [2.45, 2.75) is 31.1 Å². The highest BCUT2D eigenvalue weighted by molar-refractivity contribution is 5.74. The van der Waals surface area contributed by atoms with Crippen LogP contribution in [0.3, 0.4) is 0 Å². The van der Waals surface area contributed by atoms with Crippen molar-refractivity contribution in [1.29, 1.82) is 0 Å². The van der Waals surface area contributed by atoms with Crippen molar-refractivity contribution in [3.05, 3.63) is 29.8 Å². The van der Waals surface area contributed by atoms with E-state index in [2.05, 4.69) is 17.4 Å². The summed E-state index contributed by atoms with van der Waals surface area (Å²) in [6, 6.07) is 8.33. The molecule has 108 valence electrons. The van der Waals surface area contributed by atoms with Crippen molar-refractivity contribution < 1.29 is 9.53 Å². The third kappa shape index (κ3) is 2.60. The number of nitrogens with zero attached hydrogens (tertiary/aromatic N) is 1. The first kappa shape index (κ1) is 13.3. The van der Waals surface area contributed by atoms with E-state index in [0.29, 0.717) is 0 Å². The fraction of sp³-hybridized carbons (Fsp3) is 0.562. The minimum absolute atomic E-state index is 0.0993. The summed E-state index contributed by atoms with van der Waals surface area (Å²) in [5.41, 5.74) is 1.46. The molecule has 2 fully saturated rings. The molecule has 0 unspecified atom stereocenters. The Labute approximate surface area is 120 Å². The minimum Gasteiger partial charge on any atom is -0.497 e. The molecule has 1 aromatic rings. The Bertz CT molecular complexity index is 474. The molecule has 2 amide bonds. The van der Waals surface area contributed by atoms with Gasteiger partial charge in [-0.25, -0.2) is 4.79 Å². The number of carbonyl (C=O) groups is 1. The van der Waals surface area contributed by atoms with Gasteiger partial charge in [-0.2, -0.15) is 0 Å². The van der Waals surface area contributed by atoms with Gasteiger partial charge >= 0.3 is 6.03 Å². The molecular formula is C16H22N2O2. The van der Waals surface area contributed by atoms with Crippen LogP contribution in [0.1, 0.15) is 31.2 Å². The topological polar surface area (TPSA) is 41.6 Å². The van der Waals surface area contributed by atoms with E-state index in [1.807, 2.05) is 17.0 Å². The van der Waals surface area contributed by atoms with Crippen LogP contribution in [-0.4, -0.2) is 37.7 Å². The predicted molar refractivity (Wildman–Crippen MR) is 78.1 cm³/mol. The van der Waals surface area contributed by atoms with Crippen LogP contribution >= 0.6 is 0 Å². The molecule has 0 radical (unpaired) electrons. The van der Waals surface area contributed by atoms with Crippen molar-refractivity contribution >= 4 is 6.03 Å². The number of amides is 2. The Hall–Kier alpha value is -1.71. The normalized spacial score (nSPS) is 19.8. The van der Waals surface area contributed by atoms with Crippen molar-refractivity contribution in [1.82, 2.24) is 10.2 Å². The van der Waals surface area contributed by atoms with Gasteiger partial charge < -0.3 is 15.0 Å². The summed E-state index contributed by atoms with van der Waals surface area (Å²) >= 11 is 0. The fourth-order valence-corrected chi connectivity index (χ4v) is 2.94. The summed E-state index contributed by atoms with van der Waals surface area (Å²) in [7, 11) is 1.68. The molecule has 1 aromatic carbocycles. The van der Waals surface area contributed by atoms with Crippen LogP contribution in [0.15, 0.2) is 24.3 Å². The Balaban J connectivity index is 1.59. The van der Waals surface area contributed by atoms with Crippen LogP contribution in [0.25, 0.3) is 0 Å². The number of nitrogens with one attached hydrogen (secondary N) is 1. The molecule has 1 saturated heterocycles. The monoisotopic (exact) mass is 274 g/mol. The zero-order valence-electron chi connectivity index (χ0n) is 12.0. The van der Waals surface area contributed by atoms with E-state index < -0.39 is 0 Å². The lowest BCUT2D eigenvalue weighted by Gasteiger charge is -2.21. The number of rotatable bonds is 4. The standard InChI is InChI=1S/C16H22N2O2/c1-20-14-6-4-13(5-7-14)16(8-9-16)12-17-15(19)18-10-2-3-11-18/h4-7H,2-3,8-12H2,1H3,(H,17,19). The van der Waals surface area contributed by atoms with Crippen molar-refractivity contribution in [3.63, 3.8) is 0 Å². The maximum Gasteiger partial charge on any atom is 0.317 e. The van der Waals surface area contributed by atoms with Gasteiger partial charge in [0.1, 0.15) is 5.75 Å². The average molecular weight is 274 g/mol. The second-order valence-electron chi connectivity index (χ2n) is 5.86. The number of carbonyl (C=O) groups excluding carboxylic acids is 1. The summed E-state index contributed by atoms with van der Waals surface area (Å²) in [6.45, 7) is 2.55.